The van der Waals surface area contributed by atoms with Crippen LogP contribution in [0.15, 0.2) is 23.1 Å². The Kier molecular flexibility index (Phi) is 4.47. The van der Waals surface area contributed by atoms with Crippen molar-refractivity contribution in [3.8, 4) is 0 Å². The maximum atomic E-state index is 11.7. The lowest BCUT2D eigenvalue weighted by Gasteiger charge is -2.07. The largest absolute Gasteiger partial charge is 0.478 e. The highest BCUT2D eigenvalue weighted by Gasteiger charge is 2.17. The summed E-state index contributed by atoms with van der Waals surface area (Å²) in [7, 11) is -3.75. The first-order chi connectivity index (χ1) is 7.88. The van der Waals surface area contributed by atoms with E-state index in [-0.39, 0.29) is 28.6 Å². The van der Waals surface area contributed by atoms with Crippen LogP contribution in [0.3, 0.4) is 0 Å². The van der Waals surface area contributed by atoms with Crippen molar-refractivity contribution in [1.29, 1.82) is 0 Å². The van der Waals surface area contributed by atoms with E-state index in [9.17, 15) is 13.2 Å². The second kappa shape index (κ2) is 5.46. The second-order valence-electron chi connectivity index (χ2n) is 3.13. The van der Waals surface area contributed by atoms with Crippen LogP contribution < -0.4 is 10.5 Å². The first kappa shape index (κ1) is 13.9. The third-order valence-corrected chi connectivity index (χ3v) is 3.70. The topological polar surface area (TPSA) is 109 Å². The first-order valence-electron chi connectivity index (χ1n) is 4.61. The Bertz CT molecular complexity index is 530. The Hall–Kier alpha value is -1.15. The summed E-state index contributed by atoms with van der Waals surface area (Å²) in [6.07, 6.45) is 0. The molecule has 0 bridgehead atoms. The van der Waals surface area contributed by atoms with Crippen molar-refractivity contribution in [3.63, 3.8) is 0 Å². The van der Waals surface area contributed by atoms with Crippen LogP contribution in [0.5, 0.6) is 0 Å². The minimum absolute atomic E-state index is 0.0183. The average Bonchev–Trinajstić information content (AvgIpc) is 2.26. The van der Waals surface area contributed by atoms with Gasteiger partial charge >= 0.3 is 5.97 Å². The highest BCUT2D eigenvalue weighted by Crippen LogP contribution is 2.20. The molecule has 0 aliphatic heterocycles. The summed E-state index contributed by atoms with van der Waals surface area (Å²) in [6, 6.07) is 3.46. The Balaban J connectivity index is 3.16. The summed E-state index contributed by atoms with van der Waals surface area (Å²) in [6.45, 7) is 0.228. The molecular weight excluding hydrogens is 268 g/mol. The zero-order valence-corrected chi connectivity index (χ0v) is 10.3. The number of rotatable bonds is 5. The van der Waals surface area contributed by atoms with Crippen LogP contribution >= 0.6 is 11.6 Å². The van der Waals surface area contributed by atoms with Crippen molar-refractivity contribution in [1.82, 2.24) is 4.72 Å². The van der Waals surface area contributed by atoms with Gasteiger partial charge in [0, 0.05) is 13.1 Å². The summed E-state index contributed by atoms with van der Waals surface area (Å²) in [5.74, 6) is -1.29. The summed E-state index contributed by atoms with van der Waals surface area (Å²) in [5, 5.41) is 8.79. The number of carboxylic acid groups (broad SMARTS) is 1. The molecule has 1 aromatic rings. The Morgan fingerprint density at radius 3 is 2.65 bits per heavy atom. The predicted octanol–water partition coefficient (Wildman–Crippen LogP) is 0.275. The van der Waals surface area contributed by atoms with E-state index in [1.54, 1.807) is 0 Å². The fourth-order valence-corrected chi connectivity index (χ4v) is 2.38. The number of hydrogen-bond acceptors (Lipinski definition) is 4. The van der Waals surface area contributed by atoms with Gasteiger partial charge in [-0.3, -0.25) is 0 Å². The molecule has 0 fully saturated rings. The molecule has 0 spiro atoms. The number of carbonyl (C=O) groups is 1. The molecule has 0 amide bonds. The van der Waals surface area contributed by atoms with E-state index in [0.717, 1.165) is 6.07 Å². The highest BCUT2D eigenvalue weighted by molar-refractivity contribution is 7.89. The smallest absolute Gasteiger partial charge is 0.337 e. The van der Waals surface area contributed by atoms with Gasteiger partial charge in [0.15, 0.2) is 0 Å². The predicted molar refractivity (Wildman–Crippen MR) is 62.7 cm³/mol. The van der Waals surface area contributed by atoms with Crippen LogP contribution in [-0.2, 0) is 10.0 Å². The van der Waals surface area contributed by atoms with Gasteiger partial charge in [-0.25, -0.2) is 17.9 Å². The summed E-state index contributed by atoms with van der Waals surface area (Å²) >= 11 is 5.63. The molecule has 94 valence electrons. The SMILES string of the molecule is NCCNS(=O)(=O)c1ccc(Cl)c(C(=O)O)c1. The number of nitrogens with one attached hydrogen (secondary N) is 1. The molecule has 0 aliphatic carbocycles. The molecule has 1 rings (SSSR count). The molecule has 4 N–H and O–H groups in total. The van der Waals surface area contributed by atoms with Crippen LogP contribution in [0.2, 0.25) is 5.02 Å². The summed E-state index contributed by atoms with van der Waals surface area (Å²) in [4.78, 5) is 10.6. The molecule has 0 saturated carbocycles. The van der Waals surface area contributed by atoms with Crippen molar-refractivity contribution in [2.75, 3.05) is 13.1 Å². The van der Waals surface area contributed by atoms with Crippen molar-refractivity contribution >= 4 is 27.6 Å². The maximum Gasteiger partial charge on any atom is 0.337 e. The minimum atomic E-state index is -3.75. The molecule has 17 heavy (non-hydrogen) atoms. The van der Waals surface area contributed by atoms with Crippen LogP contribution in [0.4, 0.5) is 0 Å². The molecular formula is C9H11ClN2O4S. The van der Waals surface area contributed by atoms with E-state index in [1.807, 2.05) is 0 Å². The molecule has 8 heteroatoms. The third-order valence-electron chi connectivity index (χ3n) is 1.91. The standard InChI is InChI=1S/C9H11ClN2O4S/c10-8-2-1-6(5-7(8)9(13)14)17(15,16)12-4-3-11/h1-2,5,12H,3-4,11H2,(H,13,14). The number of sulfonamides is 1. The van der Waals surface area contributed by atoms with Gasteiger partial charge in [-0.2, -0.15) is 0 Å². The van der Waals surface area contributed by atoms with Gasteiger partial charge in [0.05, 0.1) is 15.5 Å². The Morgan fingerprint density at radius 2 is 2.12 bits per heavy atom. The minimum Gasteiger partial charge on any atom is -0.478 e. The van der Waals surface area contributed by atoms with Gasteiger partial charge in [0.2, 0.25) is 10.0 Å². The van der Waals surface area contributed by atoms with E-state index in [1.165, 1.54) is 12.1 Å². The number of nitrogens with two attached hydrogens (primary N) is 1. The molecule has 0 unspecified atom stereocenters. The zero-order valence-electron chi connectivity index (χ0n) is 8.68. The lowest BCUT2D eigenvalue weighted by molar-refractivity contribution is 0.0697. The van der Waals surface area contributed by atoms with Gasteiger partial charge < -0.3 is 10.8 Å². The normalized spacial score (nSPS) is 11.4. The summed E-state index contributed by atoms with van der Waals surface area (Å²) < 4.78 is 25.6. The average molecular weight is 279 g/mol. The Morgan fingerprint density at radius 1 is 1.47 bits per heavy atom. The monoisotopic (exact) mass is 278 g/mol. The first-order valence-corrected chi connectivity index (χ1v) is 6.47. The number of hydrogen-bond donors (Lipinski definition) is 3. The molecule has 1 aromatic carbocycles. The summed E-state index contributed by atoms with van der Waals surface area (Å²) in [5.41, 5.74) is 4.91. The van der Waals surface area contributed by atoms with Gasteiger partial charge in [-0.1, -0.05) is 11.6 Å². The molecule has 6 nitrogen and oxygen atoms in total. The zero-order chi connectivity index (χ0) is 13.1. The van der Waals surface area contributed by atoms with Crippen molar-refractivity contribution in [2.24, 2.45) is 5.73 Å². The van der Waals surface area contributed by atoms with Crippen LogP contribution in [0, 0.1) is 0 Å². The van der Waals surface area contributed by atoms with Crippen LogP contribution in [-0.4, -0.2) is 32.6 Å². The van der Waals surface area contributed by atoms with Gasteiger partial charge in [-0.05, 0) is 18.2 Å². The van der Waals surface area contributed by atoms with E-state index >= 15 is 0 Å². The second-order valence-corrected chi connectivity index (χ2v) is 5.31. The molecule has 0 radical (unpaired) electrons. The van der Waals surface area contributed by atoms with Gasteiger partial charge in [0.25, 0.3) is 0 Å². The Labute approximate surface area is 103 Å². The van der Waals surface area contributed by atoms with Crippen molar-refractivity contribution in [2.45, 2.75) is 4.90 Å². The molecule has 0 aromatic heterocycles. The number of aromatic carboxylic acids is 1. The lowest BCUT2D eigenvalue weighted by Crippen LogP contribution is -2.29. The van der Waals surface area contributed by atoms with Crippen LogP contribution in [0.25, 0.3) is 0 Å². The lowest BCUT2D eigenvalue weighted by atomic mass is 10.2. The van der Waals surface area contributed by atoms with Crippen LogP contribution in [0.1, 0.15) is 10.4 Å². The number of carboxylic acids is 1. The quantitative estimate of drug-likeness (QED) is 0.716. The number of benzene rings is 1. The molecule has 0 saturated heterocycles. The number of halogens is 1. The maximum absolute atomic E-state index is 11.7. The van der Waals surface area contributed by atoms with E-state index in [2.05, 4.69) is 4.72 Å². The van der Waals surface area contributed by atoms with Crippen molar-refractivity contribution in [3.05, 3.63) is 28.8 Å². The third kappa shape index (κ3) is 3.40. The van der Waals surface area contributed by atoms with Gasteiger partial charge in [-0.15, -0.1) is 0 Å². The highest BCUT2D eigenvalue weighted by atomic mass is 35.5. The van der Waals surface area contributed by atoms with E-state index < -0.39 is 16.0 Å². The molecule has 0 atom stereocenters. The molecule has 0 heterocycles. The van der Waals surface area contributed by atoms with E-state index in [0.29, 0.717) is 0 Å². The molecule has 0 aliphatic rings. The van der Waals surface area contributed by atoms with Gasteiger partial charge in [0.1, 0.15) is 0 Å². The van der Waals surface area contributed by atoms with Crippen molar-refractivity contribution < 1.29 is 18.3 Å². The fourth-order valence-electron chi connectivity index (χ4n) is 1.11. The van der Waals surface area contributed by atoms with E-state index in [4.69, 9.17) is 22.4 Å². The fraction of sp³-hybridized carbons (Fsp3) is 0.222.